The Bertz CT molecular complexity index is 148. The summed E-state index contributed by atoms with van der Waals surface area (Å²) in [6, 6.07) is 0. The third-order valence-corrected chi connectivity index (χ3v) is 2.49. The lowest BCUT2D eigenvalue weighted by Gasteiger charge is -2.32. The van der Waals surface area contributed by atoms with E-state index in [9.17, 15) is 4.79 Å². The third-order valence-electron chi connectivity index (χ3n) is 2.49. The lowest BCUT2D eigenvalue weighted by atomic mass is 9.80. The minimum absolute atomic E-state index is 0.0660. The Labute approximate surface area is 67.3 Å². The van der Waals surface area contributed by atoms with Crippen LogP contribution in [0.1, 0.15) is 13.8 Å². The van der Waals surface area contributed by atoms with Gasteiger partial charge in [-0.05, 0) is 24.9 Å². The van der Waals surface area contributed by atoms with Gasteiger partial charge in [0.15, 0.2) is 0 Å². The van der Waals surface area contributed by atoms with Crippen LogP contribution >= 0.6 is 0 Å². The van der Waals surface area contributed by atoms with Gasteiger partial charge in [0.25, 0.3) is 0 Å². The van der Waals surface area contributed by atoms with E-state index in [1.54, 1.807) is 0 Å². The summed E-state index contributed by atoms with van der Waals surface area (Å²) in [5, 5.41) is 3.26. The van der Waals surface area contributed by atoms with E-state index in [0.29, 0.717) is 11.8 Å². The van der Waals surface area contributed by atoms with E-state index >= 15 is 0 Å². The monoisotopic (exact) mass is 156 g/mol. The smallest absolute Gasteiger partial charge is 0.221 e. The highest BCUT2D eigenvalue weighted by molar-refractivity contribution is 5.77. The summed E-state index contributed by atoms with van der Waals surface area (Å²) in [7, 11) is 0. The number of nitrogens with one attached hydrogen (secondary N) is 1. The zero-order valence-corrected chi connectivity index (χ0v) is 7.13. The molecule has 3 nitrogen and oxygen atoms in total. The summed E-state index contributed by atoms with van der Waals surface area (Å²) in [6.45, 7) is 5.96. The lowest BCUT2D eigenvalue weighted by molar-refractivity contribution is -0.125. The number of nitrogens with two attached hydrogens (primary N) is 1. The molecule has 0 aromatic rings. The summed E-state index contributed by atoms with van der Waals surface area (Å²) in [5.74, 6) is 0.690. The molecule has 0 aromatic heterocycles. The number of hydrogen-bond acceptors (Lipinski definition) is 2. The highest BCUT2D eigenvalue weighted by Gasteiger charge is 2.31. The van der Waals surface area contributed by atoms with Crippen LogP contribution in [0.15, 0.2) is 0 Å². The molecule has 64 valence electrons. The number of carbonyl (C=O) groups is 1. The number of amides is 1. The van der Waals surface area contributed by atoms with Gasteiger partial charge in [0.2, 0.25) is 5.91 Å². The second-order valence-electron chi connectivity index (χ2n) is 3.54. The van der Waals surface area contributed by atoms with Gasteiger partial charge in [0.05, 0.1) is 0 Å². The fraction of sp³-hybridized carbons (Fsp3) is 0.875. The predicted octanol–water partition coefficient (Wildman–Crippen LogP) is -0.0367. The second-order valence-corrected chi connectivity index (χ2v) is 3.54. The Hall–Kier alpha value is -0.570. The molecule has 3 heteroatoms. The van der Waals surface area contributed by atoms with E-state index in [2.05, 4.69) is 19.2 Å². The topological polar surface area (TPSA) is 55.1 Å². The van der Waals surface area contributed by atoms with Crippen molar-refractivity contribution in [3.63, 3.8) is 0 Å². The Morgan fingerprint density at radius 2 is 1.82 bits per heavy atom. The molecule has 1 aliphatic heterocycles. The van der Waals surface area contributed by atoms with Crippen LogP contribution in [0, 0.1) is 17.8 Å². The van der Waals surface area contributed by atoms with E-state index in [0.717, 1.165) is 13.1 Å². The number of piperidine rings is 1. The van der Waals surface area contributed by atoms with Crippen LogP contribution < -0.4 is 11.1 Å². The molecule has 0 radical (unpaired) electrons. The molecule has 0 bridgehead atoms. The maximum Gasteiger partial charge on any atom is 0.221 e. The van der Waals surface area contributed by atoms with Crippen molar-refractivity contribution in [1.82, 2.24) is 5.32 Å². The Morgan fingerprint density at radius 3 is 2.09 bits per heavy atom. The van der Waals surface area contributed by atoms with Crippen LogP contribution in [-0.4, -0.2) is 19.0 Å². The van der Waals surface area contributed by atoms with Crippen molar-refractivity contribution in [3.8, 4) is 0 Å². The van der Waals surface area contributed by atoms with Crippen molar-refractivity contribution in [1.29, 1.82) is 0 Å². The molecule has 1 rings (SSSR count). The molecule has 0 aliphatic carbocycles. The first-order valence-corrected chi connectivity index (χ1v) is 4.13. The fourth-order valence-electron chi connectivity index (χ4n) is 1.91. The van der Waals surface area contributed by atoms with Gasteiger partial charge < -0.3 is 11.1 Å². The first kappa shape index (κ1) is 8.53. The van der Waals surface area contributed by atoms with Crippen molar-refractivity contribution >= 4 is 5.91 Å². The van der Waals surface area contributed by atoms with E-state index in [1.165, 1.54) is 0 Å². The van der Waals surface area contributed by atoms with E-state index in [4.69, 9.17) is 5.73 Å². The molecule has 2 unspecified atom stereocenters. The Balaban J connectivity index is 2.62. The van der Waals surface area contributed by atoms with Gasteiger partial charge in [0.1, 0.15) is 0 Å². The first-order valence-electron chi connectivity index (χ1n) is 4.13. The van der Waals surface area contributed by atoms with Crippen molar-refractivity contribution in [2.75, 3.05) is 13.1 Å². The van der Waals surface area contributed by atoms with Gasteiger partial charge in [-0.1, -0.05) is 13.8 Å². The minimum atomic E-state index is -0.147. The van der Waals surface area contributed by atoms with Crippen LogP contribution in [0.4, 0.5) is 0 Å². The second kappa shape index (κ2) is 3.22. The van der Waals surface area contributed by atoms with Crippen LogP contribution in [0.25, 0.3) is 0 Å². The maximum absolute atomic E-state index is 11.0. The molecular formula is C8H16N2O. The van der Waals surface area contributed by atoms with Gasteiger partial charge in [-0.25, -0.2) is 0 Å². The van der Waals surface area contributed by atoms with Gasteiger partial charge >= 0.3 is 0 Å². The first-order chi connectivity index (χ1) is 5.13. The van der Waals surface area contributed by atoms with Crippen molar-refractivity contribution < 1.29 is 4.79 Å². The SMILES string of the molecule is CC1CNCC(C)C1C(N)=O. The zero-order chi connectivity index (χ0) is 8.43. The molecule has 1 amide bonds. The maximum atomic E-state index is 11.0. The molecule has 11 heavy (non-hydrogen) atoms. The number of primary amides is 1. The molecule has 0 aromatic carbocycles. The molecule has 0 spiro atoms. The third kappa shape index (κ3) is 1.71. The highest BCUT2D eigenvalue weighted by Crippen LogP contribution is 2.23. The lowest BCUT2D eigenvalue weighted by Crippen LogP contribution is -2.46. The number of rotatable bonds is 1. The van der Waals surface area contributed by atoms with Gasteiger partial charge in [0, 0.05) is 5.92 Å². The van der Waals surface area contributed by atoms with Crippen LogP contribution in [-0.2, 0) is 4.79 Å². The summed E-state index contributed by atoms with van der Waals surface area (Å²) in [5.41, 5.74) is 5.28. The molecule has 1 saturated heterocycles. The van der Waals surface area contributed by atoms with Crippen LogP contribution in [0.3, 0.4) is 0 Å². The quantitative estimate of drug-likeness (QED) is 0.560. The van der Waals surface area contributed by atoms with Crippen molar-refractivity contribution in [3.05, 3.63) is 0 Å². The highest BCUT2D eigenvalue weighted by atomic mass is 16.1. The number of carbonyl (C=O) groups excluding carboxylic acids is 1. The van der Waals surface area contributed by atoms with E-state index < -0.39 is 0 Å². The largest absolute Gasteiger partial charge is 0.369 e. The minimum Gasteiger partial charge on any atom is -0.369 e. The normalized spacial score (nSPS) is 38.5. The van der Waals surface area contributed by atoms with Gasteiger partial charge in [-0.2, -0.15) is 0 Å². The molecule has 1 aliphatic rings. The molecular weight excluding hydrogens is 140 g/mol. The van der Waals surface area contributed by atoms with Crippen molar-refractivity contribution in [2.24, 2.45) is 23.5 Å². The summed E-state index contributed by atoms with van der Waals surface area (Å²) in [6.07, 6.45) is 0. The fourth-order valence-corrected chi connectivity index (χ4v) is 1.91. The molecule has 1 fully saturated rings. The predicted molar refractivity (Wildman–Crippen MR) is 43.9 cm³/mol. The van der Waals surface area contributed by atoms with E-state index in [-0.39, 0.29) is 11.8 Å². The number of hydrogen-bond donors (Lipinski definition) is 2. The molecule has 0 saturated carbocycles. The van der Waals surface area contributed by atoms with Crippen LogP contribution in [0.2, 0.25) is 0 Å². The molecule has 1 heterocycles. The average molecular weight is 156 g/mol. The van der Waals surface area contributed by atoms with E-state index in [1.807, 2.05) is 0 Å². The van der Waals surface area contributed by atoms with Crippen molar-refractivity contribution in [2.45, 2.75) is 13.8 Å². The molecule has 2 atom stereocenters. The van der Waals surface area contributed by atoms with Crippen LogP contribution in [0.5, 0.6) is 0 Å². The Kier molecular flexibility index (Phi) is 2.49. The Morgan fingerprint density at radius 1 is 1.36 bits per heavy atom. The van der Waals surface area contributed by atoms with Gasteiger partial charge in [-0.15, -0.1) is 0 Å². The standard InChI is InChI=1S/C8H16N2O/c1-5-3-10-4-6(2)7(5)8(9)11/h5-7,10H,3-4H2,1-2H3,(H2,9,11). The van der Waals surface area contributed by atoms with Gasteiger partial charge in [-0.3, -0.25) is 4.79 Å². The average Bonchev–Trinajstić information content (AvgIpc) is 1.85. The summed E-state index contributed by atoms with van der Waals surface area (Å²) >= 11 is 0. The zero-order valence-electron chi connectivity index (χ0n) is 7.13. The summed E-state index contributed by atoms with van der Waals surface area (Å²) < 4.78 is 0. The molecule has 3 N–H and O–H groups in total. The summed E-state index contributed by atoms with van der Waals surface area (Å²) in [4.78, 5) is 11.0.